The van der Waals surface area contributed by atoms with Gasteiger partial charge in [-0.05, 0) is 36.2 Å². The number of rotatable bonds is 5. The Morgan fingerprint density at radius 3 is 2.65 bits per heavy atom. The van der Waals surface area contributed by atoms with Gasteiger partial charge in [0.2, 0.25) is 0 Å². The molecule has 0 aromatic heterocycles. The summed E-state index contributed by atoms with van der Waals surface area (Å²) in [5.74, 6) is -0.769. The third-order valence-corrected chi connectivity index (χ3v) is 4.85. The van der Waals surface area contributed by atoms with Gasteiger partial charge in [0.15, 0.2) is 12.1 Å². The first-order valence-corrected chi connectivity index (χ1v) is 8.86. The molecule has 2 fully saturated rings. The van der Waals surface area contributed by atoms with Gasteiger partial charge in [0.1, 0.15) is 24.4 Å². The van der Waals surface area contributed by atoms with Crippen molar-refractivity contribution in [3.63, 3.8) is 0 Å². The van der Waals surface area contributed by atoms with Gasteiger partial charge in [0, 0.05) is 0 Å². The molecule has 4 rings (SSSR count). The molecule has 0 spiro atoms. The third kappa shape index (κ3) is 3.36. The minimum atomic E-state index is -1.06. The lowest BCUT2D eigenvalue weighted by molar-refractivity contribution is -0.232. The van der Waals surface area contributed by atoms with Crippen molar-refractivity contribution in [1.29, 1.82) is 0 Å². The van der Waals surface area contributed by atoms with E-state index >= 15 is 0 Å². The highest BCUT2D eigenvalue weighted by Crippen LogP contribution is 2.40. The van der Waals surface area contributed by atoms with E-state index in [1.165, 1.54) is 5.39 Å². The summed E-state index contributed by atoms with van der Waals surface area (Å²) < 4.78 is 23.5. The second kappa shape index (κ2) is 6.88. The van der Waals surface area contributed by atoms with Gasteiger partial charge in [-0.25, -0.2) is 0 Å². The maximum atomic E-state index is 10.1. The summed E-state index contributed by atoms with van der Waals surface area (Å²) in [7, 11) is 0. The molecule has 2 aliphatic heterocycles. The number of ether oxygens (including phenoxy) is 4. The molecule has 0 bridgehead atoms. The zero-order valence-corrected chi connectivity index (χ0v) is 14.9. The first-order valence-electron chi connectivity index (χ1n) is 8.86. The number of aliphatic hydroxyl groups is 2. The van der Waals surface area contributed by atoms with Crippen molar-refractivity contribution in [2.24, 2.45) is 0 Å². The summed E-state index contributed by atoms with van der Waals surface area (Å²) in [6.07, 6.45) is -3.35. The fourth-order valence-corrected chi connectivity index (χ4v) is 3.63. The van der Waals surface area contributed by atoms with Crippen molar-refractivity contribution in [2.45, 2.75) is 56.9 Å². The van der Waals surface area contributed by atoms with E-state index in [2.05, 4.69) is 24.3 Å². The maximum Gasteiger partial charge on any atom is 0.190 e. The molecule has 0 amide bonds. The van der Waals surface area contributed by atoms with E-state index in [1.54, 1.807) is 0 Å². The summed E-state index contributed by atoms with van der Waals surface area (Å²) in [5, 5.41) is 21.7. The molecule has 6 nitrogen and oxygen atoms in total. The van der Waals surface area contributed by atoms with Crippen LogP contribution in [0.25, 0.3) is 10.8 Å². The lowest BCUT2D eigenvalue weighted by Gasteiger charge is -2.28. The van der Waals surface area contributed by atoms with E-state index in [9.17, 15) is 10.2 Å². The molecule has 2 aliphatic rings. The molecule has 5 atom stereocenters. The highest BCUT2D eigenvalue weighted by atomic mass is 16.8. The van der Waals surface area contributed by atoms with Gasteiger partial charge in [-0.15, -0.1) is 0 Å². The molecule has 0 unspecified atom stereocenters. The van der Waals surface area contributed by atoms with Gasteiger partial charge in [0.05, 0.1) is 13.2 Å². The zero-order valence-electron chi connectivity index (χ0n) is 14.9. The molecular formula is C20H24O6. The van der Waals surface area contributed by atoms with Crippen LogP contribution in [0.2, 0.25) is 0 Å². The molecule has 2 aromatic carbocycles. The fourth-order valence-electron chi connectivity index (χ4n) is 3.63. The van der Waals surface area contributed by atoms with E-state index < -0.39 is 43.1 Å². The number of benzene rings is 2. The van der Waals surface area contributed by atoms with Gasteiger partial charge in [0.25, 0.3) is 0 Å². The van der Waals surface area contributed by atoms with Crippen molar-refractivity contribution in [1.82, 2.24) is 0 Å². The average molecular weight is 360 g/mol. The molecule has 2 saturated heterocycles. The Morgan fingerprint density at radius 2 is 1.88 bits per heavy atom. The normalized spacial score (nSPS) is 31.2. The van der Waals surface area contributed by atoms with Gasteiger partial charge >= 0.3 is 0 Å². The van der Waals surface area contributed by atoms with E-state index in [0.29, 0.717) is 6.61 Å². The molecule has 26 heavy (non-hydrogen) atoms. The van der Waals surface area contributed by atoms with E-state index in [4.69, 9.17) is 18.9 Å². The Morgan fingerprint density at radius 1 is 1.12 bits per heavy atom. The van der Waals surface area contributed by atoms with Crippen molar-refractivity contribution < 1.29 is 29.2 Å². The number of aliphatic hydroxyl groups excluding tert-OH is 2. The quantitative estimate of drug-likeness (QED) is 0.849. The van der Waals surface area contributed by atoms with Gasteiger partial charge in [-0.1, -0.05) is 36.4 Å². The fraction of sp³-hybridized carbons (Fsp3) is 0.500. The molecule has 2 N–H and O–H groups in total. The smallest absolute Gasteiger partial charge is 0.190 e. The van der Waals surface area contributed by atoms with Crippen LogP contribution in [0, 0.1) is 0 Å². The van der Waals surface area contributed by atoms with Crippen LogP contribution in [0.5, 0.6) is 0 Å². The number of hydrogen-bond acceptors (Lipinski definition) is 6. The molecular weight excluding hydrogens is 336 g/mol. The van der Waals surface area contributed by atoms with Crippen LogP contribution < -0.4 is 0 Å². The first kappa shape index (κ1) is 17.9. The molecule has 140 valence electrons. The predicted molar refractivity (Wildman–Crippen MR) is 94.3 cm³/mol. The largest absolute Gasteiger partial charge is 0.394 e. The van der Waals surface area contributed by atoms with Crippen LogP contribution in [-0.4, -0.2) is 53.3 Å². The second-order valence-corrected chi connectivity index (χ2v) is 7.28. The van der Waals surface area contributed by atoms with Crippen LogP contribution in [-0.2, 0) is 25.6 Å². The van der Waals surface area contributed by atoms with Crippen molar-refractivity contribution >= 4 is 10.8 Å². The van der Waals surface area contributed by atoms with E-state index in [-0.39, 0.29) is 0 Å². The Labute approximate surface area is 152 Å². The maximum absolute atomic E-state index is 10.1. The Balaban J connectivity index is 1.51. The Hall–Kier alpha value is -1.54. The summed E-state index contributed by atoms with van der Waals surface area (Å²) in [5.41, 5.74) is 1.02. The average Bonchev–Trinajstić information content (AvgIpc) is 3.11. The van der Waals surface area contributed by atoms with Gasteiger partial charge in [-0.2, -0.15) is 0 Å². The highest BCUT2D eigenvalue weighted by Gasteiger charge is 2.56. The van der Waals surface area contributed by atoms with Gasteiger partial charge < -0.3 is 29.2 Å². The van der Waals surface area contributed by atoms with Crippen LogP contribution in [0.1, 0.15) is 19.4 Å². The molecule has 6 heteroatoms. The molecule has 0 saturated carbocycles. The number of fused-ring (bicyclic) bond motifs is 2. The monoisotopic (exact) mass is 360 g/mol. The third-order valence-electron chi connectivity index (χ3n) is 4.85. The predicted octanol–water partition coefficient (Wildman–Crippen LogP) is 1.95. The molecule has 2 heterocycles. The minimum Gasteiger partial charge on any atom is -0.394 e. The van der Waals surface area contributed by atoms with Gasteiger partial charge in [-0.3, -0.25) is 0 Å². The van der Waals surface area contributed by atoms with E-state index in [0.717, 1.165) is 10.9 Å². The van der Waals surface area contributed by atoms with Crippen molar-refractivity contribution in [2.75, 3.05) is 6.61 Å². The van der Waals surface area contributed by atoms with Crippen LogP contribution in [0.4, 0.5) is 0 Å². The number of hydrogen-bond donors (Lipinski definition) is 2. The lowest BCUT2D eigenvalue weighted by Crippen LogP contribution is -2.44. The molecule has 2 aromatic rings. The molecule has 0 radical (unpaired) electrons. The van der Waals surface area contributed by atoms with Crippen LogP contribution in [0.15, 0.2) is 42.5 Å². The summed E-state index contributed by atoms with van der Waals surface area (Å²) in [6, 6.07) is 14.3. The minimum absolute atomic E-state index is 0.348. The topological polar surface area (TPSA) is 77.4 Å². The highest BCUT2D eigenvalue weighted by molar-refractivity contribution is 5.82. The van der Waals surface area contributed by atoms with E-state index in [1.807, 2.05) is 32.0 Å². The van der Waals surface area contributed by atoms with Crippen LogP contribution in [0.3, 0.4) is 0 Å². The Kier molecular flexibility index (Phi) is 4.73. The summed E-state index contributed by atoms with van der Waals surface area (Å²) in [6.45, 7) is 3.56. The molecule has 0 aliphatic carbocycles. The Bertz CT molecular complexity index is 776. The second-order valence-electron chi connectivity index (χ2n) is 7.28. The standard InChI is InChI=1S/C20H24O6/c1-20(2)25-18-17(16(15(22)10-21)24-19(18)26-20)23-11-12-7-8-13-5-3-4-6-14(13)9-12/h3-9,15-19,21-22H,10-11H2,1-2H3/t15-,16-,17-,18-,19-/m1/s1. The van der Waals surface area contributed by atoms with Crippen molar-refractivity contribution in [3.8, 4) is 0 Å². The summed E-state index contributed by atoms with van der Waals surface area (Å²) in [4.78, 5) is 0. The SMILES string of the molecule is CC1(C)O[C@H]2O[C@H]([C@H](O)CO)[C@@H](OCc3ccc4ccccc4c3)[C@H]2O1. The van der Waals surface area contributed by atoms with Crippen molar-refractivity contribution in [3.05, 3.63) is 48.0 Å². The summed E-state index contributed by atoms with van der Waals surface area (Å²) >= 11 is 0. The first-order chi connectivity index (χ1) is 12.5. The van der Waals surface area contributed by atoms with Crippen LogP contribution >= 0.6 is 0 Å². The lowest BCUT2D eigenvalue weighted by atomic mass is 10.1. The zero-order chi connectivity index (χ0) is 18.3.